The number of hydrogen-bond acceptors (Lipinski definition) is 1. The third-order valence-electron chi connectivity index (χ3n) is 11.6. The largest absolute Gasteiger partial charge is 0.135 e. The van der Waals surface area contributed by atoms with Gasteiger partial charge in [0.05, 0.1) is 0 Å². The van der Waals surface area contributed by atoms with Crippen LogP contribution in [0.5, 0.6) is 0 Å². The van der Waals surface area contributed by atoms with Crippen molar-refractivity contribution in [3.8, 4) is 44.5 Å². The molecular formula is C51H34S. The molecule has 0 N–H and O–H groups in total. The van der Waals surface area contributed by atoms with Crippen molar-refractivity contribution in [2.45, 2.75) is 19.3 Å². The maximum atomic E-state index is 2.45. The van der Waals surface area contributed by atoms with Crippen molar-refractivity contribution < 1.29 is 0 Å². The number of rotatable bonds is 3. The lowest BCUT2D eigenvalue weighted by Gasteiger charge is -2.23. The highest BCUT2D eigenvalue weighted by Gasteiger charge is 2.38. The van der Waals surface area contributed by atoms with E-state index in [2.05, 4.69) is 184 Å². The van der Waals surface area contributed by atoms with Gasteiger partial charge in [-0.05, 0) is 112 Å². The van der Waals surface area contributed by atoms with Gasteiger partial charge in [-0.3, -0.25) is 0 Å². The van der Waals surface area contributed by atoms with Crippen molar-refractivity contribution in [1.29, 1.82) is 0 Å². The quantitative estimate of drug-likeness (QED) is 0.163. The maximum Gasteiger partial charge on any atom is 0.0358 e. The first-order valence-corrected chi connectivity index (χ1v) is 19.0. The van der Waals surface area contributed by atoms with Crippen molar-refractivity contribution in [3.63, 3.8) is 0 Å². The molecule has 1 heteroatoms. The van der Waals surface area contributed by atoms with Crippen LogP contribution in [-0.2, 0) is 5.41 Å². The number of benzene rings is 9. The Morgan fingerprint density at radius 3 is 1.63 bits per heavy atom. The molecule has 0 atom stereocenters. The van der Waals surface area contributed by atoms with Crippen LogP contribution in [0.15, 0.2) is 170 Å². The van der Waals surface area contributed by atoms with Gasteiger partial charge in [-0.15, -0.1) is 11.3 Å². The second kappa shape index (κ2) is 11.0. The summed E-state index contributed by atoms with van der Waals surface area (Å²) in [6, 6.07) is 63.4. The molecule has 10 aromatic rings. The van der Waals surface area contributed by atoms with Gasteiger partial charge in [0.2, 0.25) is 0 Å². The number of thiophene rings is 1. The van der Waals surface area contributed by atoms with Crippen molar-refractivity contribution in [3.05, 3.63) is 181 Å². The molecule has 0 fully saturated rings. The fourth-order valence-corrected chi connectivity index (χ4v) is 10.3. The molecule has 244 valence electrons. The first-order valence-electron chi connectivity index (χ1n) is 18.2. The topological polar surface area (TPSA) is 0 Å². The summed E-state index contributed by atoms with van der Waals surface area (Å²) in [6.45, 7) is 4.82. The van der Waals surface area contributed by atoms with Gasteiger partial charge in [0.1, 0.15) is 0 Å². The Hall–Kier alpha value is -6.02. The summed E-state index contributed by atoms with van der Waals surface area (Å²) < 4.78 is 2.74. The van der Waals surface area contributed by atoms with Crippen LogP contribution >= 0.6 is 11.3 Å². The molecule has 0 saturated carbocycles. The van der Waals surface area contributed by atoms with Gasteiger partial charge in [-0.1, -0.05) is 159 Å². The second-order valence-corrected chi connectivity index (χ2v) is 15.9. The lowest BCUT2D eigenvalue weighted by molar-refractivity contribution is 0.667. The molecule has 0 saturated heterocycles. The van der Waals surface area contributed by atoms with Crippen LogP contribution in [0.4, 0.5) is 0 Å². The molecule has 0 unspecified atom stereocenters. The SMILES string of the molecule is CC1(C)c2cc(-c3ccc(-c4c5ccccc5c(-c5ccc6ccccc6c5)c5ccccc45)cc3)ccc2-c2ccc3sc4ccccc4c3c21. The average Bonchev–Trinajstić information content (AvgIpc) is 3.68. The van der Waals surface area contributed by atoms with Crippen molar-refractivity contribution in [2.75, 3.05) is 0 Å². The van der Waals surface area contributed by atoms with E-state index in [-0.39, 0.29) is 5.41 Å². The third kappa shape index (κ3) is 4.21. The highest BCUT2D eigenvalue weighted by atomic mass is 32.1. The van der Waals surface area contributed by atoms with E-state index in [1.807, 2.05) is 11.3 Å². The van der Waals surface area contributed by atoms with E-state index in [1.165, 1.54) is 108 Å². The molecule has 11 rings (SSSR count). The van der Waals surface area contributed by atoms with Crippen molar-refractivity contribution in [1.82, 2.24) is 0 Å². The zero-order chi connectivity index (χ0) is 34.6. The molecule has 0 bridgehead atoms. The molecule has 0 radical (unpaired) electrons. The monoisotopic (exact) mass is 678 g/mol. The van der Waals surface area contributed by atoms with Crippen molar-refractivity contribution >= 4 is 63.8 Å². The molecule has 1 aliphatic rings. The molecule has 1 aliphatic carbocycles. The van der Waals surface area contributed by atoms with Gasteiger partial charge >= 0.3 is 0 Å². The molecule has 0 amide bonds. The van der Waals surface area contributed by atoms with Crippen LogP contribution in [0.1, 0.15) is 25.0 Å². The summed E-state index contributed by atoms with van der Waals surface area (Å²) in [7, 11) is 0. The number of fused-ring (bicyclic) bond motifs is 10. The molecule has 1 aromatic heterocycles. The predicted octanol–water partition coefficient (Wildman–Crippen LogP) is 14.8. The summed E-state index contributed by atoms with van der Waals surface area (Å²) >= 11 is 1.91. The van der Waals surface area contributed by atoms with Gasteiger partial charge in [-0.25, -0.2) is 0 Å². The summed E-state index contributed by atoms with van der Waals surface area (Å²) in [5.74, 6) is 0. The number of hydrogen-bond donors (Lipinski definition) is 0. The van der Waals surface area contributed by atoms with Crippen LogP contribution < -0.4 is 0 Å². The Kier molecular flexibility index (Phi) is 6.27. The first kappa shape index (κ1) is 29.7. The molecule has 0 spiro atoms. The normalized spacial score (nSPS) is 13.3. The van der Waals surface area contributed by atoms with Gasteiger partial charge in [0.25, 0.3) is 0 Å². The average molecular weight is 679 g/mol. The Bertz CT molecular complexity index is 3030. The fourth-order valence-electron chi connectivity index (χ4n) is 9.23. The minimum absolute atomic E-state index is 0.103. The van der Waals surface area contributed by atoms with Crippen LogP contribution in [-0.4, -0.2) is 0 Å². The van der Waals surface area contributed by atoms with Gasteiger partial charge in [0, 0.05) is 25.6 Å². The van der Waals surface area contributed by atoms with E-state index in [4.69, 9.17) is 0 Å². The Morgan fingerprint density at radius 1 is 0.385 bits per heavy atom. The third-order valence-corrected chi connectivity index (χ3v) is 12.8. The second-order valence-electron chi connectivity index (χ2n) is 14.8. The maximum absolute atomic E-state index is 2.45. The highest BCUT2D eigenvalue weighted by Crippen LogP contribution is 2.54. The van der Waals surface area contributed by atoms with Gasteiger partial charge < -0.3 is 0 Å². The van der Waals surface area contributed by atoms with Crippen LogP contribution in [0.2, 0.25) is 0 Å². The molecule has 1 heterocycles. The van der Waals surface area contributed by atoms with E-state index in [1.54, 1.807) is 0 Å². The standard InChI is InChI=1S/C51H34S/c1-51(2)44-30-35(25-26-37(44)42-27-28-46-49(50(42)51)43-17-9-10-18-45(43)52-46)32-19-22-33(23-20-32)47-38-13-5-7-15-40(38)48(41-16-8-6-14-39(41)47)36-24-21-31-11-3-4-12-34(31)29-36/h3-30H,1-2H3. The Balaban J connectivity index is 1.03. The molecule has 52 heavy (non-hydrogen) atoms. The van der Waals surface area contributed by atoms with E-state index in [0.29, 0.717) is 0 Å². The summed E-state index contributed by atoms with van der Waals surface area (Å²) in [5, 5.41) is 10.5. The van der Waals surface area contributed by atoms with Gasteiger partial charge in [-0.2, -0.15) is 0 Å². The van der Waals surface area contributed by atoms with Gasteiger partial charge in [0.15, 0.2) is 0 Å². The van der Waals surface area contributed by atoms with E-state index < -0.39 is 0 Å². The minimum Gasteiger partial charge on any atom is -0.135 e. The zero-order valence-corrected chi connectivity index (χ0v) is 29.9. The molecular weight excluding hydrogens is 645 g/mol. The van der Waals surface area contributed by atoms with E-state index >= 15 is 0 Å². The summed E-state index contributed by atoms with van der Waals surface area (Å²) in [6.07, 6.45) is 0. The van der Waals surface area contributed by atoms with Crippen LogP contribution in [0, 0.1) is 0 Å². The first-order chi connectivity index (χ1) is 25.5. The minimum atomic E-state index is -0.103. The summed E-state index contributed by atoms with van der Waals surface area (Å²) in [4.78, 5) is 0. The Morgan fingerprint density at radius 2 is 0.923 bits per heavy atom. The predicted molar refractivity (Wildman–Crippen MR) is 226 cm³/mol. The molecule has 0 aliphatic heterocycles. The van der Waals surface area contributed by atoms with E-state index in [9.17, 15) is 0 Å². The smallest absolute Gasteiger partial charge is 0.0358 e. The zero-order valence-electron chi connectivity index (χ0n) is 29.1. The van der Waals surface area contributed by atoms with E-state index in [0.717, 1.165) is 0 Å². The van der Waals surface area contributed by atoms with Crippen LogP contribution in [0.25, 0.3) is 97.0 Å². The molecule has 9 aromatic carbocycles. The fraction of sp³-hybridized carbons (Fsp3) is 0.0588. The van der Waals surface area contributed by atoms with Crippen molar-refractivity contribution in [2.24, 2.45) is 0 Å². The lowest BCUT2D eigenvalue weighted by atomic mass is 9.80. The molecule has 0 nitrogen and oxygen atoms in total. The lowest BCUT2D eigenvalue weighted by Crippen LogP contribution is -2.15. The highest BCUT2D eigenvalue weighted by molar-refractivity contribution is 7.25. The Labute approximate surface area is 307 Å². The summed E-state index contributed by atoms with van der Waals surface area (Å²) in [5.41, 5.74) is 13.1. The van der Waals surface area contributed by atoms with Crippen LogP contribution in [0.3, 0.4) is 0 Å².